The van der Waals surface area contributed by atoms with Crippen LogP contribution in [-0.2, 0) is 19.1 Å². The van der Waals surface area contributed by atoms with Gasteiger partial charge in [-0.2, -0.15) is 8.78 Å². The number of nitrogens with one attached hydrogen (secondary N) is 1. The van der Waals surface area contributed by atoms with Crippen molar-refractivity contribution in [3.63, 3.8) is 0 Å². The molecule has 3 N–H and O–H groups in total. The molecule has 3 aliphatic rings. The van der Waals surface area contributed by atoms with Crippen LogP contribution < -0.4 is 20.7 Å². The maximum atomic E-state index is 13.1. The molecule has 1 atom stereocenters. The Balaban J connectivity index is 1.56. The molecule has 1 heterocycles. The highest BCUT2D eigenvalue weighted by molar-refractivity contribution is 6.10. The zero-order chi connectivity index (χ0) is 23.5. The molecule has 0 radical (unpaired) electrons. The zero-order valence-corrected chi connectivity index (χ0v) is 18.2. The van der Waals surface area contributed by atoms with Crippen LogP contribution >= 0.6 is 0 Å². The van der Waals surface area contributed by atoms with Crippen molar-refractivity contribution in [1.82, 2.24) is 4.90 Å². The van der Waals surface area contributed by atoms with E-state index in [1.54, 1.807) is 0 Å². The molecule has 0 aromatic heterocycles. The monoisotopic (exact) mass is 466 g/mol. The molecule has 2 saturated carbocycles. The number of nitrogens with zero attached hydrogens (tertiary/aromatic N) is 2. The lowest BCUT2D eigenvalue weighted by molar-refractivity contribution is -0.138. The Hall–Kier alpha value is -2.79. The summed E-state index contributed by atoms with van der Waals surface area (Å²) in [6.07, 6.45) is 5.70. The second-order valence-corrected chi connectivity index (χ2v) is 8.57. The first kappa shape index (κ1) is 23.4. The Morgan fingerprint density at radius 2 is 1.85 bits per heavy atom. The molecule has 3 fully saturated rings. The number of alkyl halides is 2. The third-order valence-electron chi connectivity index (χ3n) is 6.53. The normalized spacial score (nSPS) is 20.4. The van der Waals surface area contributed by atoms with Crippen LogP contribution in [0.15, 0.2) is 18.2 Å². The molecule has 180 valence electrons. The van der Waals surface area contributed by atoms with Crippen molar-refractivity contribution in [2.45, 2.75) is 63.3 Å². The van der Waals surface area contributed by atoms with Gasteiger partial charge in [-0.05, 0) is 37.8 Å². The molecule has 0 spiro atoms. The van der Waals surface area contributed by atoms with Crippen molar-refractivity contribution in [2.24, 2.45) is 5.73 Å². The Morgan fingerprint density at radius 3 is 2.36 bits per heavy atom. The lowest BCUT2D eigenvalue weighted by Gasteiger charge is -2.48. The number of ether oxygens (including phenoxy) is 2. The van der Waals surface area contributed by atoms with Crippen molar-refractivity contribution in [3.05, 3.63) is 18.2 Å². The predicted octanol–water partition coefficient (Wildman–Crippen LogP) is 1.85. The van der Waals surface area contributed by atoms with Gasteiger partial charge in [-0.25, -0.2) is 0 Å². The summed E-state index contributed by atoms with van der Waals surface area (Å²) in [6, 6.07) is 3.23. The molecule has 1 aliphatic heterocycles. The van der Waals surface area contributed by atoms with E-state index in [4.69, 9.17) is 10.5 Å². The highest BCUT2D eigenvalue weighted by atomic mass is 19.3. The molecule has 1 aromatic rings. The Morgan fingerprint density at radius 1 is 1.18 bits per heavy atom. The molecule has 33 heavy (non-hydrogen) atoms. The molecule has 4 rings (SSSR count). The van der Waals surface area contributed by atoms with Gasteiger partial charge in [0.25, 0.3) is 11.8 Å². The summed E-state index contributed by atoms with van der Waals surface area (Å²) in [6.45, 7) is -2.84. The van der Waals surface area contributed by atoms with Crippen LogP contribution in [0.5, 0.6) is 5.75 Å². The van der Waals surface area contributed by atoms with E-state index in [0.717, 1.165) is 38.5 Å². The van der Waals surface area contributed by atoms with Crippen molar-refractivity contribution in [1.29, 1.82) is 0 Å². The van der Waals surface area contributed by atoms with Gasteiger partial charge in [0.2, 0.25) is 5.91 Å². The average molecular weight is 466 g/mol. The summed E-state index contributed by atoms with van der Waals surface area (Å²) in [5, 5.41) is 2.63. The van der Waals surface area contributed by atoms with Crippen molar-refractivity contribution in [3.8, 4) is 5.75 Å². The fourth-order valence-electron chi connectivity index (χ4n) is 4.49. The van der Waals surface area contributed by atoms with E-state index in [2.05, 4.69) is 10.1 Å². The van der Waals surface area contributed by atoms with Gasteiger partial charge in [0.1, 0.15) is 6.61 Å². The minimum absolute atomic E-state index is 0.131. The third-order valence-corrected chi connectivity index (χ3v) is 6.53. The van der Waals surface area contributed by atoms with Crippen LogP contribution in [0.25, 0.3) is 0 Å². The maximum absolute atomic E-state index is 13.1. The van der Waals surface area contributed by atoms with Gasteiger partial charge in [-0.15, -0.1) is 0 Å². The highest BCUT2D eigenvalue weighted by Crippen LogP contribution is 2.37. The standard InChI is InChI=1S/C22H28F2N4O5/c23-22(24)33-17-11-13(7-8-16(17)27-9-10-32-12-18(27)29)26-21(31)19(20(25)30)28(14-3-1-4-14)15-5-2-6-15/h7-8,11,14-15,19,22H,1-6,9-10,12H2,(H2,25,30)(H,26,31)/t19-/m1/s1. The minimum atomic E-state index is -3.13. The molecular weight excluding hydrogens is 438 g/mol. The lowest BCUT2D eigenvalue weighted by Crippen LogP contribution is -2.62. The van der Waals surface area contributed by atoms with Crippen molar-refractivity contribution < 1.29 is 32.6 Å². The number of rotatable bonds is 9. The van der Waals surface area contributed by atoms with E-state index in [9.17, 15) is 23.2 Å². The van der Waals surface area contributed by atoms with E-state index in [-0.39, 0.29) is 54.9 Å². The van der Waals surface area contributed by atoms with Crippen molar-refractivity contribution in [2.75, 3.05) is 30.0 Å². The number of primary amides is 1. The van der Waals surface area contributed by atoms with Crippen LogP contribution in [0, 0.1) is 0 Å². The van der Waals surface area contributed by atoms with E-state index in [1.807, 2.05) is 4.90 Å². The van der Waals surface area contributed by atoms with E-state index >= 15 is 0 Å². The number of amides is 3. The first-order chi connectivity index (χ1) is 15.8. The third kappa shape index (κ3) is 5.09. The lowest BCUT2D eigenvalue weighted by atomic mass is 9.83. The number of nitrogens with two attached hydrogens (primary N) is 1. The van der Waals surface area contributed by atoms with Crippen LogP contribution in [0.3, 0.4) is 0 Å². The van der Waals surface area contributed by atoms with Gasteiger partial charge in [-0.3, -0.25) is 19.3 Å². The smallest absolute Gasteiger partial charge is 0.387 e. The molecule has 11 heteroatoms. The summed E-state index contributed by atoms with van der Waals surface area (Å²) in [7, 11) is 0. The largest absolute Gasteiger partial charge is 0.433 e. The topological polar surface area (TPSA) is 114 Å². The van der Waals surface area contributed by atoms with Gasteiger partial charge in [0.05, 0.1) is 12.3 Å². The molecule has 2 aliphatic carbocycles. The van der Waals surface area contributed by atoms with E-state index in [1.165, 1.54) is 23.1 Å². The summed E-state index contributed by atoms with van der Waals surface area (Å²) in [5.41, 5.74) is 5.95. The fraction of sp³-hybridized carbons (Fsp3) is 0.591. The summed E-state index contributed by atoms with van der Waals surface area (Å²) >= 11 is 0. The van der Waals surface area contributed by atoms with Crippen LogP contribution in [0.2, 0.25) is 0 Å². The number of carbonyl (C=O) groups excluding carboxylic acids is 3. The molecule has 0 bridgehead atoms. The van der Waals surface area contributed by atoms with Gasteiger partial charge in [-0.1, -0.05) is 12.8 Å². The number of halogens is 2. The van der Waals surface area contributed by atoms with E-state index in [0.29, 0.717) is 0 Å². The van der Waals surface area contributed by atoms with Gasteiger partial charge >= 0.3 is 6.61 Å². The first-order valence-electron chi connectivity index (χ1n) is 11.2. The van der Waals surface area contributed by atoms with Gasteiger partial charge in [0, 0.05) is 30.4 Å². The Kier molecular flexibility index (Phi) is 7.08. The Labute approximate surface area is 190 Å². The molecule has 9 nitrogen and oxygen atoms in total. The number of morpholine rings is 1. The summed E-state index contributed by atoms with van der Waals surface area (Å²) in [5.74, 6) is -2.00. The molecular formula is C22H28F2N4O5. The molecule has 0 unspecified atom stereocenters. The fourth-order valence-corrected chi connectivity index (χ4v) is 4.49. The minimum Gasteiger partial charge on any atom is -0.433 e. The number of hydrogen-bond donors (Lipinski definition) is 2. The van der Waals surface area contributed by atoms with Gasteiger partial charge in [0.15, 0.2) is 11.8 Å². The Bertz CT molecular complexity index is 893. The number of benzene rings is 1. The molecule has 3 amide bonds. The number of hydrogen-bond acceptors (Lipinski definition) is 6. The number of carbonyl (C=O) groups is 3. The average Bonchev–Trinajstić information content (AvgIpc) is 2.65. The highest BCUT2D eigenvalue weighted by Gasteiger charge is 2.43. The second-order valence-electron chi connectivity index (χ2n) is 8.57. The first-order valence-corrected chi connectivity index (χ1v) is 11.2. The quantitative estimate of drug-likeness (QED) is 0.537. The SMILES string of the molecule is NC(=O)[C@H](C(=O)Nc1ccc(N2CCOCC2=O)c(OC(F)F)c1)N(C1CCC1)C1CCC1. The van der Waals surface area contributed by atoms with Crippen LogP contribution in [-0.4, -0.2) is 67.1 Å². The summed E-state index contributed by atoms with van der Waals surface area (Å²) < 4.78 is 35.8. The van der Waals surface area contributed by atoms with Crippen molar-refractivity contribution >= 4 is 29.1 Å². The molecule has 1 aromatic carbocycles. The van der Waals surface area contributed by atoms with E-state index < -0.39 is 24.5 Å². The number of anilines is 2. The maximum Gasteiger partial charge on any atom is 0.387 e. The predicted molar refractivity (Wildman–Crippen MR) is 115 cm³/mol. The van der Waals surface area contributed by atoms with Crippen LogP contribution in [0.1, 0.15) is 38.5 Å². The summed E-state index contributed by atoms with van der Waals surface area (Å²) in [4.78, 5) is 40.8. The van der Waals surface area contributed by atoms with Gasteiger partial charge < -0.3 is 25.4 Å². The zero-order valence-electron chi connectivity index (χ0n) is 18.2. The second kappa shape index (κ2) is 10.0. The molecule has 1 saturated heterocycles. The van der Waals surface area contributed by atoms with Crippen LogP contribution in [0.4, 0.5) is 20.2 Å².